The van der Waals surface area contributed by atoms with Crippen LogP contribution in [0.2, 0.25) is 0 Å². The molecule has 2 atom stereocenters. The van der Waals surface area contributed by atoms with Crippen molar-refractivity contribution in [3.63, 3.8) is 0 Å². The first-order valence-corrected chi connectivity index (χ1v) is 7.38. The number of hydrogen-bond acceptors (Lipinski definition) is 2. The van der Waals surface area contributed by atoms with E-state index in [1.54, 1.807) is 0 Å². The van der Waals surface area contributed by atoms with Gasteiger partial charge in [0.25, 0.3) is 0 Å². The van der Waals surface area contributed by atoms with Crippen LogP contribution in [0.3, 0.4) is 0 Å². The fraction of sp³-hybridized carbons (Fsp3) is 0.647. The molecular formula is C17H28O2. The molecule has 2 N–H and O–H groups in total. The summed E-state index contributed by atoms with van der Waals surface area (Å²) in [5.41, 5.74) is 0.385. The van der Waals surface area contributed by atoms with Gasteiger partial charge in [-0.15, -0.1) is 0 Å². The van der Waals surface area contributed by atoms with Gasteiger partial charge in [0.05, 0.1) is 11.7 Å². The SMILES string of the molecule is C/C=C(\C)[C@@H](O)[C@@H](C)/C=C/C=C/C1(O)CCCCC1. The third-order valence-corrected chi connectivity index (χ3v) is 4.07. The van der Waals surface area contributed by atoms with E-state index in [2.05, 4.69) is 0 Å². The first-order chi connectivity index (χ1) is 8.98. The molecule has 0 aromatic carbocycles. The zero-order valence-corrected chi connectivity index (χ0v) is 12.5. The lowest BCUT2D eigenvalue weighted by molar-refractivity contribution is 0.0513. The number of allylic oxidation sites excluding steroid dienone is 3. The van der Waals surface area contributed by atoms with Crippen molar-refractivity contribution in [1.29, 1.82) is 0 Å². The normalized spacial score (nSPS) is 23.9. The van der Waals surface area contributed by atoms with Crippen molar-refractivity contribution in [2.24, 2.45) is 5.92 Å². The molecule has 0 aromatic rings. The number of aliphatic hydroxyl groups excluding tert-OH is 1. The molecular weight excluding hydrogens is 236 g/mol. The minimum Gasteiger partial charge on any atom is -0.388 e. The summed E-state index contributed by atoms with van der Waals surface area (Å²) >= 11 is 0. The Morgan fingerprint density at radius 3 is 2.37 bits per heavy atom. The summed E-state index contributed by atoms with van der Waals surface area (Å²) in [6, 6.07) is 0. The second-order valence-corrected chi connectivity index (χ2v) is 5.74. The van der Waals surface area contributed by atoms with E-state index in [1.807, 2.05) is 51.2 Å². The molecule has 108 valence electrons. The quantitative estimate of drug-likeness (QED) is 0.586. The highest BCUT2D eigenvalue weighted by atomic mass is 16.3. The van der Waals surface area contributed by atoms with Crippen LogP contribution in [-0.2, 0) is 0 Å². The van der Waals surface area contributed by atoms with E-state index in [4.69, 9.17) is 0 Å². The van der Waals surface area contributed by atoms with Gasteiger partial charge >= 0.3 is 0 Å². The van der Waals surface area contributed by atoms with Gasteiger partial charge in [-0.3, -0.25) is 0 Å². The highest BCUT2D eigenvalue weighted by molar-refractivity contribution is 5.14. The Morgan fingerprint density at radius 1 is 1.16 bits per heavy atom. The Labute approximate surface area is 117 Å². The highest BCUT2D eigenvalue weighted by Gasteiger charge is 2.25. The summed E-state index contributed by atoms with van der Waals surface area (Å²) < 4.78 is 0. The Balaban J connectivity index is 2.48. The van der Waals surface area contributed by atoms with Crippen LogP contribution in [0.1, 0.15) is 52.9 Å². The molecule has 2 heteroatoms. The van der Waals surface area contributed by atoms with E-state index in [0.29, 0.717) is 0 Å². The number of hydrogen-bond donors (Lipinski definition) is 2. The average molecular weight is 264 g/mol. The van der Waals surface area contributed by atoms with Gasteiger partial charge in [0.15, 0.2) is 0 Å². The summed E-state index contributed by atoms with van der Waals surface area (Å²) in [6.07, 6.45) is 14.5. The molecule has 1 aliphatic rings. The Bertz CT molecular complexity index is 346. The van der Waals surface area contributed by atoms with Crippen LogP contribution < -0.4 is 0 Å². The third-order valence-electron chi connectivity index (χ3n) is 4.07. The first-order valence-electron chi connectivity index (χ1n) is 7.38. The monoisotopic (exact) mass is 264 g/mol. The van der Waals surface area contributed by atoms with Gasteiger partial charge in [0, 0.05) is 5.92 Å². The molecule has 1 fully saturated rings. The summed E-state index contributed by atoms with van der Waals surface area (Å²) in [6.45, 7) is 5.88. The van der Waals surface area contributed by atoms with E-state index >= 15 is 0 Å². The minimum absolute atomic E-state index is 0.0850. The molecule has 0 amide bonds. The summed E-state index contributed by atoms with van der Waals surface area (Å²) in [7, 11) is 0. The van der Waals surface area contributed by atoms with E-state index in [0.717, 1.165) is 31.3 Å². The fourth-order valence-corrected chi connectivity index (χ4v) is 2.50. The van der Waals surface area contributed by atoms with Crippen LogP contribution in [0.15, 0.2) is 36.0 Å². The van der Waals surface area contributed by atoms with Crippen LogP contribution in [0.5, 0.6) is 0 Å². The van der Waals surface area contributed by atoms with Gasteiger partial charge in [-0.1, -0.05) is 56.6 Å². The predicted molar refractivity (Wildman–Crippen MR) is 80.9 cm³/mol. The lowest BCUT2D eigenvalue weighted by Gasteiger charge is -2.28. The van der Waals surface area contributed by atoms with Crippen LogP contribution in [0.4, 0.5) is 0 Å². The van der Waals surface area contributed by atoms with Gasteiger partial charge in [-0.05, 0) is 32.3 Å². The van der Waals surface area contributed by atoms with Crippen molar-refractivity contribution in [1.82, 2.24) is 0 Å². The molecule has 0 unspecified atom stereocenters. The second kappa shape index (κ2) is 7.66. The minimum atomic E-state index is -0.607. The summed E-state index contributed by atoms with van der Waals surface area (Å²) in [5, 5.41) is 20.3. The van der Waals surface area contributed by atoms with Gasteiger partial charge in [-0.25, -0.2) is 0 Å². The Hall–Kier alpha value is -0.860. The van der Waals surface area contributed by atoms with Crippen molar-refractivity contribution in [2.45, 2.75) is 64.6 Å². The summed E-state index contributed by atoms with van der Waals surface area (Å²) in [4.78, 5) is 0. The van der Waals surface area contributed by atoms with E-state index in [1.165, 1.54) is 6.42 Å². The smallest absolute Gasteiger partial charge is 0.0830 e. The molecule has 1 rings (SSSR count). The zero-order chi connectivity index (χ0) is 14.3. The number of aliphatic hydroxyl groups is 2. The molecule has 0 aliphatic heterocycles. The van der Waals surface area contributed by atoms with Crippen molar-refractivity contribution in [2.75, 3.05) is 0 Å². The maximum Gasteiger partial charge on any atom is 0.0830 e. The Kier molecular flexibility index (Phi) is 6.53. The van der Waals surface area contributed by atoms with Crippen LogP contribution in [0, 0.1) is 5.92 Å². The van der Waals surface area contributed by atoms with Crippen LogP contribution in [0.25, 0.3) is 0 Å². The molecule has 2 nitrogen and oxygen atoms in total. The number of rotatable bonds is 5. The third kappa shape index (κ3) is 5.33. The molecule has 19 heavy (non-hydrogen) atoms. The molecule has 0 saturated heterocycles. The van der Waals surface area contributed by atoms with Crippen molar-refractivity contribution in [3.8, 4) is 0 Å². The van der Waals surface area contributed by atoms with Crippen molar-refractivity contribution in [3.05, 3.63) is 36.0 Å². The predicted octanol–water partition coefficient (Wildman–Crippen LogP) is 3.76. The van der Waals surface area contributed by atoms with Crippen molar-refractivity contribution < 1.29 is 10.2 Å². The largest absolute Gasteiger partial charge is 0.388 e. The average Bonchev–Trinajstić information content (AvgIpc) is 2.42. The molecule has 1 aliphatic carbocycles. The molecule has 0 bridgehead atoms. The van der Waals surface area contributed by atoms with Gasteiger partial charge in [-0.2, -0.15) is 0 Å². The Morgan fingerprint density at radius 2 is 1.79 bits per heavy atom. The van der Waals surface area contributed by atoms with Gasteiger partial charge < -0.3 is 10.2 Å². The lowest BCUT2D eigenvalue weighted by Crippen LogP contribution is -2.28. The van der Waals surface area contributed by atoms with Crippen LogP contribution >= 0.6 is 0 Å². The van der Waals surface area contributed by atoms with E-state index < -0.39 is 11.7 Å². The second-order valence-electron chi connectivity index (χ2n) is 5.74. The molecule has 0 heterocycles. The maximum absolute atomic E-state index is 10.3. The standard InChI is InChI=1S/C17H28O2/c1-4-14(2)16(18)15(3)10-6-9-13-17(19)11-7-5-8-12-17/h4,6,9-10,13,15-16,18-19H,5,7-8,11-12H2,1-3H3/b10-6+,13-9+,14-4+/t15-,16+/m0/s1. The van der Waals surface area contributed by atoms with E-state index in [9.17, 15) is 10.2 Å². The summed E-state index contributed by atoms with van der Waals surface area (Å²) in [5.74, 6) is 0.0850. The maximum atomic E-state index is 10.3. The van der Waals surface area contributed by atoms with Gasteiger partial charge in [0.1, 0.15) is 0 Å². The first kappa shape index (κ1) is 16.2. The lowest BCUT2D eigenvalue weighted by atomic mass is 9.84. The molecule has 0 radical (unpaired) electrons. The topological polar surface area (TPSA) is 40.5 Å². The van der Waals surface area contributed by atoms with E-state index in [-0.39, 0.29) is 5.92 Å². The molecule has 1 saturated carbocycles. The molecule has 0 aromatic heterocycles. The molecule has 0 spiro atoms. The fourth-order valence-electron chi connectivity index (χ4n) is 2.50. The van der Waals surface area contributed by atoms with Gasteiger partial charge in [0.2, 0.25) is 0 Å². The zero-order valence-electron chi connectivity index (χ0n) is 12.5. The highest BCUT2D eigenvalue weighted by Crippen LogP contribution is 2.29. The van der Waals surface area contributed by atoms with Crippen molar-refractivity contribution >= 4 is 0 Å². The van der Waals surface area contributed by atoms with Crippen LogP contribution in [-0.4, -0.2) is 21.9 Å².